The Bertz CT molecular complexity index is 54.9. The normalized spacial score (nSPS) is 13.7. The lowest BCUT2D eigenvalue weighted by atomic mass is 10.2. The fourth-order valence-electron chi connectivity index (χ4n) is 0.740. The summed E-state index contributed by atoms with van der Waals surface area (Å²) in [5, 5.41) is 8.19. The van der Waals surface area contributed by atoms with Gasteiger partial charge in [0.25, 0.3) is 0 Å². The maximum absolute atomic E-state index is 11.7. The van der Waals surface area contributed by atoms with Crippen LogP contribution in [0.5, 0.6) is 0 Å². The van der Waals surface area contributed by atoms with Crippen molar-refractivity contribution in [1.29, 1.82) is 0 Å². The standard InChI is InChI=1S/C7H15FO/c1-2-3-4-5-6-7(8)9/h7,9H,2-6H2,1H3. The highest BCUT2D eigenvalue weighted by Crippen LogP contribution is 2.05. The Hall–Kier alpha value is -0.110. The van der Waals surface area contributed by atoms with Crippen LogP contribution < -0.4 is 0 Å². The summed E-state index contributed by atoms with van der Waals surface area (Å²) in [5.41, 5.74) is 0. The number of alkyl halides is 1. The highest BCUT2D eigenvalue weighted by atomic mass is 19.1. The quantitative estimate of drug-likeness (QED) is 0.572. The average Bonchev–Trinajstić information content (AvgIpc) is 1.80. The minimum absolute atomic E-state index is 0.306. The van der Waals surface area contributed by atoms with Gasteiger partial charge in [0.2, 0.25) is 0 Å². The van der Waals surface area contributed by atoms with E-state index in [9.17, 15) is 4.39 Å². The molecular formula is C7H15FO. The molecule has 0 heterocycles. The van der Waals surface area contributed by atoms with E-state index in [0.717, 1.165) is 25.7 Å². The van der Waals surface area contributed by atoms with Crippen LogP contribution >= 0.6 is 0 Å². The Morgan fingerprint density at radius 3 is 2.44 bits per heavy atom. The van der Waals surface area contributed by atoms with Gasteiger partial charge in [0, 0.05) is 6.42 Å². The number of halogens is 1. The number of hydrogen-bond donors (Lipinski definition) is 1. The molecule has 1 nitrogen and oxygen atoms in total. The maximum atomic E-state index is 11.7. The fourth-order valence-corrected chi connectivity index (χ4v) is 0.740. The van der Waals surface area contributed by atoms with Crippen molar-refractivity contribution in [3.05, 3.63) is 0 Å². The summed E-state index contributed by atoms with van der Waals surface area (Å²) in [6.45, 7) is 2.10. The molecule has 0 aromatic rings. The van der Waals surface area contributed by atoms with Gasteiger partial charge in [-0.3, -0.25) is 0 Å². The molecule has 1 atom stereocenters. The van der Waals surface area contributed by atoms with Gasteiger partial charge >= 0.3 is 0 Å². The second-order valence-corrected chi connectivity index (χ2v) is 2.28. The molecule has 0 aliphatic rings. The Morgan fingerprint density at radius 2 is 2.00 bits per heavy atom. The minimum Gasteiger partial charge on any atom is -0.364 e. The van der Waals surface area contributed by atoms with Crippen LogP contribution in [0, 0.1) is 0 Å². The number of aliphatic hydroxyl groups excluding tert-OH is 1. The summed E-state index contributed by atoms with van der Waals surface area (Å²) in [7, 11) is 0. The number of hydrogen-bond acceptors (Lipinski definition) is 1. The Morgan fingerprint density at radius 1 is 1.33 bits per heavy atom. The van der Waals surface area contributed by atoms with E-state index in [0.29, 0.717) is 6.42 Å². The van der Waals surface area contributed by atoms with Crippen molar-refractivity contribution in [3.8, 4) is 0 Å². The van der Waals surface area contributed by atoms with Crippen LogP contribution in [0.15, 0.2) is 0 Å². The van der Waals surface area contributed by atoms with Gasteiger partial charge in [0.05, 0.1) is 0 Å². The van der Waals surface area contributed by atoms with Crippen molar-refractivity contribution in [2.45, 2.75) is 45.4 Å². The lowest BCUT2D eigenvalue weighted by molar-refractivity contribution is 0.0323. The molecule has 0 spiro atoms. The van der Waals surface area contributed by atoms with Crippen molar-refractivity contribution in [1.82, 2.24) is 0 Å². The van der Waals surface area contributed by atoms with Crippen LogP contribution in [-0.4, -0.2) is 11.5 Å². The molecule has 0 aliphatic heterocycles. The molecule has 9 heavy (non-hydrogen) atoms. The van der Waals surface area contributed by atoms with Crippen molar-refractivity contribution in [2.24, 2.45) is 0 Å². The summed E-state index contributed by atoms with van der Waals surface area (Å²) < 4.78 is 11.7. The first-order valence-electron chi connectivity index (χ1n) is 3.59. The Balaban J connectivity index is 2.75. The summed E-state index contributed by atoms with van der Waals surface area (Å²) in [4.78, 5) is 0. The van der Waals surface area contributed by atoms with E-state index in [-0.39, 0.29) is 0 Å². The summed E-state index contributed by atoms with van der Waals surface area (Å²) in [5.74, 6) is 0. The monoisotopic (exact) mass is 134 g/mol. The van der Waals surface area contributed by atoms with Crippen molar-refractivity contribution < 1.29 is 9.50 Å². The van der Waals surface area contributed by atoms with E-state index < -0.39 is 6.36 Å². The molecule has 0 aromatic heterocycles. The summed E-state index contributed by atoms with van der Waals surface area (Å²) in [6, 6.07) is 0. The van der Waals surface area contributed by atoms with E-state index >= 15 is 0 Å². The molecular weight excluding hydrogens is 119 g/mol. The molecule has 0 rings (SSSR count). The van der Waals surface area contributed by atoms with E-state index in [4.69, 9.17) is 5.11 Å². The molecule has 0 amide bonds. The van der Waals surface area contributed by atoms with Crippen LogP contribution in [-0.2, 0) is 0 Å². The van der Waals surface area contributed by atoms with Crippen LogP contribution in [0.25, 0.3) is 0 Å². The molecule has 0 radical (unpaired) electrons. The largest absolute Gasteiger partial charge is 0.364 e. The van der Waals surface area contributed by atoms with Gasteiger partial charge in [-0.25, -0.2) is 4.39 Å². The zero-order valence-corrected chi connectivity index (χ0v) is 5.94. The van der Waals surface area contributed by atoms with Gasteiger partial charge < -0.3 is 5.11 Å². The molecule has 56 valence electrons. The van der Waals surface area contributed by atoms with Gasteiger partial charge in [0.1, 0.15) is 0 Å². The first-order chi connectivity index (χ1) is 4.27. The van der Waals surface area contributed by atoms with Crippen LogP contribution in [0.3, 0.4) is 0 Å². The smallest absolute Gasteiger partial charge is 0.196 e. The Labute approximate surface area is 55.9 Å². The molecule has 1 unspecified atom stereocenters. The number of aliphatic hydroxyl groups is 1. The third-order valence-corrected chi connectivity index (χ3v) is 1.30. The SMILES string of the molecule is CCCCCCC(O)F. The highest BCUT2D eigenvalue weighted by molar-refractivity contribution is 4.42. The van der Waals surface area contributed by atoms with Crippen molar-refractivity contribution >= 4 is 0 Å². The maximum Gasteiger partial charge on any atom is 0.196 e. The van der Waals surface area contributed by atoms with Crippen LogP contribution in [0.1, 0.15) is 39.0 Å². The van der Waals surface area contributed by atoms with Gasteiger partial charge in [-0.1, -0.05) is 26.2 Å². The molecule has 0 aromatic carbocycles. The van der Waals surface area contributed by atoms with Gasteiger partial charge in [-0.2, -0.15) is 0 Å². The first-order valence-corrected chi connectivity index (χ1v) is 3.59. The topological polar surface area (TPSA) is 20.2 Å². The highest BCUT2D eigenvalue weighted by Gasteiger charge is 1.97. The zero-order chi connectivity index (χ0) is 7.11. The molecule has 1 N–H and O–H groups in total. The fraction of sp³-hybridized carbons (Fsp3) is 1.00. The van der Waals surface area contributed by atoms with Gasteiger partial charge in [-0.05, 0) is 6.42 Å². The molecule has 0 bridgehead atoms. The summed E-state index contributed by atoms with van der Waals surface area (Å²) in [6.07, 6.45) is 2.86. The van der Waals surface area contributed by atoms with E-state index in [1.807, 2.05) is 0 Å². The molecule has 0 fully saturated rings. The molecule has 0 aliphatic carbocycles. The lowest BCUT2D eigenvalue weighted by Crippen LogP contribution is -1.95. The van der Waals surface area contributed by atoms with Crippen LogP contribution in [0.2, 0.25) is 0 Å². The average molecular weight is 134 g/mol. The third-order valence-electron chi connectivity index (χ3n) is 1.30. The zero-order valence-electron chi connectivity index (χ0n) is 5.94. The predicted octanol–water partition coefficient (Wildman–Crippen LogP) is 2.24. The third kappa shape index (κ3) is 7.89. The minimum atomic E-state index is -1.60. The van der Waals surface area contributed by atoms with Crippen molar-refractivity contribution in [2.75, 3.05) is 0 Å². The second kappa shape index (κ2) is 6.02. The summed E-state index contributed by atoms with van der Waals surface area (Å²) >= 11 is 0. The van der Waals surface area contributed by atoms with Crippen molar-refractivity contribution in [3.63, 3.8) is 0 Å². The second-order valence-electron chi connectivity index (χ2n) is 2.28. The van der Waals surface area contributed by atoms with Crippen LogP contribution in [0.4, 0.5) is 4.39 Å². The van der Waals surface area contributed by atoms with E-state index in [1.54, 1.807) is 0 Å². The first kappa shape index (κ1) is 8.89. The van der Waals surface area contributed by atoms with Gasteiger partial charge in [0.15, 0.2) is 6.36 Å². The Kier molecular flexibility index (Phi) is 5.94. The van der Waals surface area contributed by atoms with Gasteiger partial charge in [-0.15, -0.1) is 0 Å². The molecule has 0 saturated heterocycles. The molecule has 2 heteroatoms. The molecule has 0 saturated carbocycles. The lowest BCUT2D eigenvalue weighted by Gasteiger charge is -1.98. The number of rotatable bonds is 5. The predicted molar refractivity (Wildman–Crippen MR) is 35.9 cm³/mol. The number of unbranched alkanes of at least 4 members (excludes halogenated alkanes) is 3. The van der Waals surface area contributed by atoms with E-state index in [1.165, 1.54) is 0 Å². The van der Waals surface area contributed by atoms with E-state index in [2.05, 4.69) is 6.92 Å².